The van der Waals surface area contributed by atoms with Gasteiger partial charge in [-0.15, -0.1) is 0 Å². The first-order valence-electron chi connectivity index (χ1n) is 7.34. The predicted molar refractivity (Wildman–Crippen MR) is 67.0 cm³/mol. The lowest BCUT2D eigenvalue weighted by Crippen LogP contribution is -2.49. The van der Waals surface area contributed by atoms with Crippen LogP contribution in [-0.4, -0.2) is 47.4 Å². The van der Waals surface area contributed by atoms with Crippen molar-refractivity contribution in [2.75, 3.05) is 19.8 Å². The first-order valence-corrected chi connectivity index (χ1v) is 7.34. The molecular weight excluding hydrogens is 214 g/mol. The van der Waals surface area contributed by atoms with Crippen molar-refractivity contribution in [1.82, 2.24) is 4.90 Å². The minimum Gasteiger partial charge on any atom is -0.395 e. The van der Waals surface area contributed by atoms with Crippen LogP contribution in [-0.2, 0) is 4.74 Å². The van der Waals surface area contributed by atoms with E-state index >= 15 is 0 Å². The highest BCUT2D eigenvalue weighted by Gasteiger charge is 2.43. The smallest absolute Gasteiger partial charge is 0.0697 e. The van der Waals surface area contributed by atoms with Crippen molar-refractivity contribution in [2.24, 2.45) is 0 Å². The van der Waals surface area contributed by atoms with Gasteiger partial charge in [-0.1, -0.05) is 12.8 Å². The Kier molecular flexibility index (Phi) is 3.42. The molecule has 1 aliphatic carbocycles. The lowest BCUT2D eigenvalue weighted by atomic mass is 9.88. The summed E-state index contributed by atoms with van der Waals surface area (Å²) in [4.78, 5) is 2.57. The van der Waals surface area contributed by atoms with Gasteiger partial charge in [-0.3, -0.25) is 4.90 Å². The van der Waals surface area contributed by atoms with Gasteiger partial charge in [-0.2, -0.15) is 0 Å². The van der Waals surface area contributed by atoms with E-state index in [0.717, 1.165) is 13.0 Å². The molecule has 2 saturated heterocycles. The summed E-state index contributed by atoms with van der Waals surface area (Å²) in [6.07, 6.45) is 10.0. The molecule has 98 valence electrons. The summed E-state index contributed by atoms with van der Waals surface area (Å²) in [5.41, 5.74) is 0.214. The number of rotatable bonds is 2. The van der Waals surface area contributed by atoms with Crippen LogP contribution in [0.3, 0.4) is 0 Å². The zero-order chi connectivity index (χ0) is 11.7. The van der Waals surface area contributed by atoms with E-state index < -0.39 is 0 Å². The maximum absolute atomic E-state index is 9.45. The van der Waals surface area contributed by atoms with Crippen LogP contribution in [0.1, 0.15) is 51.4 Å². The monoisotopic (exact) mass is 239 g/mol. The van der Waals surface area contributed by atoms with Gasteiger partial charge in [-0.25, -0.2) is 0 Å². The molecule has 0 aromatic rings. The fourth-order valence-corrected chi connectivity index (χ4v) is 4.19. The second kappa shape index (κ2) is 4.87. The standard InChI is InChI=1S/C14H25NO2/c16-11-13-4-3-8-15(13)12-5-9-17-14(10-12)6-1-2-7-14/h12-13,16H,1-11H2/t12?,13-/m0/s1. The summed E-state index contributed by atoms with van der Waals surface area (Å²) in [7, 11) is 0. The van der Waals surface area contributed by atoms with Crippen molar-refractivity contribution in [3.8, 4) is 0 Å². The van der Waals surface area contributed by atoms with Gasteiger partial charge in [0.15, 0.2) is 0 Å². The third-order valence-electron chi connectivity index (χ3n) is 5.08. The molecule has 1 spiro atoms. The van der Waals surface area contributed by atoms with Gasteiger partial charge in [0.1, 0.15) is 0 Å². The highest BCUT2D eigenvalue weighted by Crippen LogP contribution is 2.42. The minimum atomic E-state index is 0.214. The molecular formula is C14H25NO2. The van der Waals surface area contributed by atoms with Gasteiger partial charge in [0, 0.05) is 18.7 Å². The van der Waals surface area contributed by atoms with Crippen LogP contribution in [0, 0.1) is 0 Å². The molecule has 2 atom stereocenters. The average molecular weight is 239 g/mol. The molecule has 1 saturated carbocycles. The van der Waals surface area contributed by atoms with E-state index in [2.05, 4.69) is 4.90 Å². The lowest BCUT2D eigenvalue weighted by molar-refractivity contribution is -0.105. The highest BCUT2D eigenvalue weighted by molar-refractivity contribution is 4.96. The van der Waals surface area contributed by atoms with E-state index in [4.69, 9.17) is 4.74 Å². The molecule has 3 nitrogen and oxygen atoms in total. The van der Waals surface area contributed by atoms with E-state index in [9.17, 15) is 5.11 Å². The Morgan fingerprint density at radius 2 is 2.00 bits per heavy atom. The van der Waals surface area contributed by atoms with Crippen molar-refractivity contribution < 1.29 is 9.84 Å². The predicted octanol–water partition coefficient (Wildman–Crippen LogP) is 1.93. The largest absolute Gasteiger partial charge is 0.395 e. The van der Waals surface area contributed by atoms with Crippen molar-refractivity contribution in [3.05, 3.63) is 0 Å². The van der Waals surface area contributed by atoms with Gasteiger partial charge < -0.3 is 9.84 Å². The van der Waals surface area contributed by atoms with Crippen LogP contribution in [0.5, 0.6) is 0 Å². The van der Waals surface area contributed by atoms with Crippen LogP contribution in [0.15, 0.2) is 0 Å². The number of nitrogens with zero attached hydrogens (tertiary/aromatic N) is 1. The Labute approximate surface area is 104 Å². The lowest BCUT2D eigenvalue weighted by Gasteiger charge is -2.43. The Morgan fingerprint density at radius 3 is 2.76 bits per heavy atom. The van der Waals surface area contributed by atoms with Gasteiger partial charge in [0.25, 0.3) is 0 Å². The number of aliphatic hydroxyl groups is 1. The van der Waals surface area contributed by atoms with E-state index in [1.165, 1.54) is 51.5 Å². The normalized spacial score (nSPS) is 37.9. The summed E-state index contributed by atoms with van der Waals surface area (Å²) >= 11 is 0. The summed E-state index contributed by atoms with van der Waals surface area (Å²) in [5.74, 6) is 0. The molecule has 0 radical (unpaired) electrons. The Balaban J connectivity index is 1.67. The van der Waals surface area contributed by atoms with E-state index in [1.807, 2.05) is 0 Å². The van der Waals surface area contributed by atoms with Crippen molar-refractivity contribution >= 4 is 0 Å². The number of aliphatic hydroxyl groups excluding tert-OH is 1. The van der Waals surface area contributed by atoms with Crippen molar-refractivity contribution in [1.29, 1.82) is 0 Å². The number of ether oxygens (including phenoxy) is 1. The second-order valence-electron chi connectivity index (χ2n) is 6.10. The molecule has 2 heterocycles. The van der Waals surface area contributed by atoms with Gasteiger partial charge >= 0.3 is 0 Å². The maximum atomic E-state index is 9.45. The molecule has 3 rings (SSSR count). The molecule has 3 fully saturated rings. The second-order valence-corrected chi connectivity index (χ2v) is 6.10. The Hall–Kier alpha value is -0.120. The highest BCUT2D eigenvalue weighted by atomic mass is 16.5. The van der Waals surface area contributed by atoms with E-state index in [0.29, 0.717) is 18.7 Å². The fraction of sp³-hybridized carbons (Fsp3) is 1.00. The SMILES string of the molecule is OC[C@@H]1CCCN1C1CCOC2(CCCC2)C1. The van der Waals surface area contributed by atoms with Crippen molar-refractivity contribution in [3.63, 3.8) is 0 Å². The quantitative estimate of drug-likeness (QED) is 0.799. The number of hydrogen-bond acceptors (Lipinski definition) is 3. The third-order valence-corrected chi connectivity index (χ3v) is 5.08. The first-order chi connectivity index (χ1) is 8.33. The molecule has 1 N–H and O–H groups in total. The first kappa shape index (κ1) is 11.9. The summed E-state index contributed by atoms with van der Waals surface area (Å²) in [5, 5.41) is 9.45. The van der Waals surface area contributed by atoms with Crippen LogP contribution >= 0.6 is 0 Å². The summed E-state index contributed by atoms with van der Waals surface area (Å²) < 4.78 is 6.10. The third kappa shape index (κ3) is 2.25. The zero-order valence-electron chi connectivity index (χ0n) is 10.7. The number of hydrogen-bond donors (Lipinski definition) is 1. The Bertz CT molecular complexity index is 263. The van der Waals surface area contributed by atoms with Crippen LogP contribution in [0.4, 0.5) is 0 Å². The fourth-order valence-electron chi connectivity index (χ4n) is 4.19. The van der Waals surface area contributed by atoms with Gasteiger partial charge in [0.2, 0.25) is 0 Å². The molecule has 0 bridgehead atoms. The van der Waals surface area contributed by atoms with E-state index in [1.54, 1.807) is 0 Å². The molecule has 0 aromatic carbocycles. The summed E-state index contributed by atoms with van der Waals surface area (Å²) in [6.45, 7) is 2.45. The maximum Gasteiger partial charge on any atom is 0.0697 e. The van der Waals surface area contributed by atoms with Crippen LogP contribution < -0.4 is 0 Å². The molecule has 0 amide bonds. The number of likely N-dealkylation sites (tertiary alicyclic amines) is 1. The Morgan fingerprint density at radius 1 is 1.18 bits per heavy atom. The van der Waals surface area contributed by atoms with Gasteiger partial charge in [-0.05, 0) is 45.1 Å². The molecule has 17 heavy (non-hydrogen) atoms. The molecule has 1 unspecified atom stereocenters. The molecule has 3 aliphatic rings. The van der Waals surface area contributed by atoms with Crippen molar-refractivity contribution in [2.45, 2.75) is 69.1 Å². The van der Waals surface area contributed by atoms with Crippen LogP contribution in [0.2, 0.25) is 0 Å². The molecule has 2 aliphatic heterocycles. The van der Waals surface area contributed by atoms with Gasteiger partial charge in [0.05, 0.1) is 12.2 Å². The topological polar surface area (TPSA) is 32.7 Å². The summed E-state index contributed by atoms with van der Waals surface area (Å²) in [6, 6.07) is 1.10. The molecule has 0 aromatic heterocycles. The molecule has 3 heteroatoms. The zero-order valence-corrected chi connectivity index (χ0v) is 10.7. The minimum absolute atomic E-state index is 0.214. The van der Waals surface area contributed by atoms with E-state index in [-0.39, 0.29) is 5.60 Å². The van der Waals surface area contributed by atoms with Crippen LogP contribution in [0.25, 0.3) is 0 Å². The average Bonchev–Trinajstić information content (AvgIpc) is 2.98.